The lowest BCUT2D eigenvalue weighted by molar-refractivity contribution is 0.0662. The van der Waals surface area contributed by atoms with Crippen molar-refractivity contribution in [2.75, 3.05) is 5.33 Å². The highest BCUT2D eigenvalue weighted by Crippen LogP contribution is 2.05. The van der Waals surface area contributed by atoms with E-state index in [2.05, 4.69) is 27.8 Å². The summed E-state index contributed by atoms with van der Waals surface area (Å²) in [5.74, 6) is 4.54. The smallest absolute Gasteiger partial charge is 0.371 e. The number of alkyl halides is 1. The van der Waals surface area contributed by atoms with E-state index in [-0.39, 0.29) is 5.76 Å². The molecule has 62 valence electrons. The molecule has 0 unspecified atom stereocenters. The van der Waals surface area contributed by atoms with Crippen molar-refractivity contribution < 1.29 is 14.3 Å². The first-order chi connectivity index (χ1) is 5.74. The second-order valence-electron chi connectivity index (χ2n) is 1.90. The number of carboxylic acid groups (broad SMARTS) is 1. The van der Waals surface area contributed by atoms with Crippen LogP contribution in [0.15, 0.2) is 16.5 Å². The summed E-state index contributed by atoms with van der Waals surface area (Å²) >= 11 is 3.11. The van der Waals surface area contributed by atoms with Gasteiger partial charge in [0.15, 0.2) is 5.76 Å². The van der Waals surface area contributed by atoms with E-state index in [1.54, 1.807) is 0 Å². The van der Waals surface area contributed by atoms with Crippen molar-refractivity contribution in [1.29, 1.82) is 0 Å². The van der Waals surface area contributed by atoms with Gasteiger partial charge in [0.25, 0.3) is 0 Å². The van der Waals surface area contributed by atoms with Gasteiger partial charge in [-0.15, -0.1) is 0 Å². The van der Waals surface area contributed by atoms with Crippen LogP contribution in [0.5, 0.6) is 0 Å². The standard InChI is InChI=1S/C8H5BrO3/c9-5-1-2-6-3-4-7(12-6)8(10)11/h3-4H,5H2,(H,10,11). The molecule has 1 N–H and O–H groups in total. The van der Waals surface area contributed by atoms with E-state index in [1.807, 2.05) is 0 Å². The number of aromatic carboxylic acids is 1. The topological polar surface area (TPSA) is 50.4 Å². The minimum Gasteiger partial charge on any atom is -0.475 e. The first kappa shape index (κ1) is 8.88. The Balaban J connectivity index is 2.84. The van der Waals surface area contributed by atoms with E-state index in [4.69, 9.17) is 9.52 Å². The Hall–Kier alpha value is -1.21. The molecular formula is C8H5BrO3. The monoisotopic (exact) mass is 228 g/mol. The number of halogens is 1. The number of carbonyl (C=O) groups is 1. The van der Waals surface area contributed by atoms with Crippen LogP contribution in [0.2, 0.25) is 0 Å². The van der Waals surface area contributed by atoms with Gasteiger partial charge in [-0.2, -0.15) is 0 Å². The molecule has 4 heteroatoms. The van der Waals surface area contributed by atoms with Gasteiger partial charge in [0.2, 0.25) is 5.76 Å². The molecule has 0 radical (unpaired) electrons. The molecule has 0 aliphatic carbocycles. The Morgan fingerprint density at radius 3 is 2.92 bits per heavy atom. The first-order valence-corrected chi connectivity index (χ1v) is 4.24. The molecular weight excluding hydrogens is 224 g/mol. The molecule has 3 nitrogen and oxygen atoms in total. The molecule has 1 rings (SSSR count). The normalized spacial score (nSPS) is 8.75. The molecule has 0 fully saturated rings. The van der Waals surface area contributed by atoms with Crippen LogP contribution in [0.25, 0.3) is 0 Å². The van der Waals surface area contributed by atoms with E-state index in [9.17, 15) is 4.79 Å². The van der Waals surface area contributed by atoms with E-state index >= 15 is 0 Å². The predicted molar refractivity (Wildman–Crippen MR) is 46.3 cm³/mol. The highest BCUT2D eigenvalue weighted by molar-refractivity contribution is 9.09. The Labute approximate surface area is 77.5 Å². The lowest BCUT2D eigenvalue weighted by atomic mass is 10.4. The Bertz CT molecular complexity index is 343. The van der Waals surface area contributed by atoms with Crippen LogP contribution < -0.4 is 0 Å². The largest absolute Gasteiger partial charge is 0.475 e. The summed E-state index contributed by atoms with van der Waals surface area (Å²) in [7, 11) is 0. The minimum atomic E-state index is -1.08. The number of hydrogen-bond donors (Lipinski definition) is 1. The van der Waals surface area contributed by atoms with Crippen LogP contribution in [-0.2, 0) is 0 Å². The molecule has 1 aromatic heterocycles. The van der Waals surface area contributed by atoms with Gasteiger partial charge in [0, 0.05) is 0 Å². The Morgan fingerprint density at radius 2 is 2.42 bits per heavy atom. The molecule has 0 aromatic carbocycles. The highest BCUT2D eigenvalue weighted by atomic mass is 79.9. The molecule has 1 aromatic rings. The van der Waals surface area contributed by atoms with Crippen molar-refractivity contribution >= 4 is 21.9 Å². The molecule has 0 bridgehead atoms. The van der Waals surface area contributed by atoms with Crippen LogP contribution in [0, 0.1) is 11.8 Å². The molecule has 0 saturated carbocycles. The van der Waals surface area contributed by atoms with Gasteiger partial charge in [0.1, 0.15) is 0 Å². The van der Waals surface area contributed by atoms with E-state index in [0.717, 1.165) is 0 Å². The number of hydrogen-bond acceptors (Lipinski definition) is 2. The Morgan fingerprint density at radius 1 is 1.67 bits per heavy atom. The van der Waals surface area contributed by atoms with Crippen LogP contribution in [-0.4, -0.2) is 16.4 Å². The van der Waals surface area contributed by atoms with Crippen LogP contribution in [0.1, 0.15) is 16.3 Å². The third-order valence-corrected chi connectivity index (χ3v) is 1.38. The SMILES string of the molecule is O=C(O)c1ccc(C#CCBr)o1. The maximum absolute atomic E-state index is 10.3. The third-order valence-electron chi connectivity index (χ3n) is 1.10. The fraction of sp³-hybridized carbons (Fsp3) is 0.125. The summed E-state index contributed by atoms with van der Waals surface area (Å²) in [6.45, 7) is 0. The zero-order valence-corrected chi connectivity index (χ0v) is 7.59. The molecule has 12 heavy (non-hydrogen) atoms. The van der Waals surface area contributed by atoms with Crippen molar-refractivity contribution in [3.05, 3.63) is 23.7 Å². The summed E-state index contributed by atoms with van der Waals surface area (Å²) < 4.78 is 4.85. The molecule has 0 spiro atoms. The lowest BCUT2D eigenvalue weighted by Crippen LogP contribution is -1.91. The average Bonchev–Trinajstić information content (AvgIpc) is 2.48. The maximum Gasteiger partial charge on any atom is 0.371 e. The van der Waals surface area contributed by atoms with Crippen molar-refractivity contribution in [1.82, 2.24) is 0 Å². The number of furan rings is 1. The molecule has 0 aliphatic rings. The predicted octanol–water partition coefficient (Wildman–Crippen LogP) is 1.72. The number of carboxylic acids is 1. The molecule has 0 atom stereocenters. The summed E-state index contributed by atoms with van der Waals surface area (Å²) in [4.78, 5) is 10.3. The van der Waals surface area contributed by atoms with Gasteiger partial charge in [-0.1, -0.05) is 21.9 Å². The van der Waals surface area contributed by atoms with E-state index in [1.165, 1.54) is 12.1 Å². The summed E-state index contributed by atoms with van der Waals surface area (Å²) in [6, 6.07) is 2.90. The van der Waals surface area contributed by atoms with Gasteiger partial charge < -0.3 is 9.52 Å². The fourth-order valence-electron chi connectivity index (χ4n) is 0.641. The van der Waals surface area contributed by atoms with Gasteiger partial charge >= 0.3 is 5.97 Å². The van der Waals surface area contributed by atoms with Crippen LogP contribution >= 0.6 is 15.9 Å². The minimum absolute atomic E-state index is 0.0890. The fourth-order valence-corrected chi connectivity index (χ4v) is 0.781. The second-order valence-corrected chi connectivity index (χ2v) is 2.47. The van der Waals surface area contributed by atoms with Crippen molar-refractivity contribution in [2.24, 2.45) is 0 Å². The van der Waals surface area contributed by atoms with Gasteiger partial charge in [-0.25, -0.2) is 4.79 Å². The van der Waals surface area contributed by atoms with Crippen molar-refractivity contribution in [3.8, 4) is 11.8 Å². The average molecular weight is 229 g/mol. The summed E-state index contributed by atoms with van der Waals surface area (Å²) in [5.41, 5.74) is 0. The summed E-state index contributed by atoms with van der Waals surface area (Å²) in [5, 5.41) is 9.01. The first-order valence-electron chi connectivity index (χ1n) is 3.12. The maximum atomic E-state index is 10.3. The van der Waals surface area contributed by atoms with Gasteiger partial charge in [-0.05, 0) is 18.1 Å². The van der Waals surface area contributed by atoms with Crippen molar-refractivity contribution in [3.63, 3.8) is 0 Å². The lowest BCUT2D eigenvalue weighted by Gasteiger charge is -1.82. The van der Waals surface area contributed by atoms with E-state index in [0.29, 0.717) is 11.1 Å². The second kappa shape index (κ2) is 3.98. The van der Waals surface area contributed by atoms with Crippen LogP contribution in [0.4, 0.5) is 0 Å². The van der Waals surface area contributed by atoms with E-state index < -0.39 is 5.97 Å². The van der Waals surface area contributed by atoms with Gasteiger partial charge in [-0.3, -0.25) is 0 Å². The highest BCUT2D eigenvalue weighted by Gasteiger charge is 2.06. The quantitative estimate of drug-likeness (QED) is 0.589. The molecule has 0 amide bonds. The zero-order chi connectivity index (χ0) is 8.97. The molecule has 0 saturated heterocycles. The summed E-state index contributed by atoms with van der Waals surface area (Å²) in [6.07, 6.45) is 0. The number of rotatable bonds is 1. The third kappa shape index (κ3) is 2.14. The van der Waals surface area contributed by atoms with Crippen LogP contribution in [0.3, 0.4) is 0 Å². The molecule has 0 aliphatic heterocycles. The zero-order valence-electron chi connectivity index (χ0n) is 6.00. The van der Waals surface area contributed by atoms with Gasteiger partial charge in [0.05, 0.1) is 5.33 Å². The van der Waals surface area contributed by atoms with Crippen molar-refractivity contribution in [2.45, 2.75) is 0 Å². The molecule has 1 heterocycles. The Kier molecular flexibility index (Phi) is 2.94.